The first-order chi connectivity index (χ1) is 9.77. The van der Waals surface area contributed by atoms with Crippen molar-refractivity contribution in [3.63, 3.8) is 0 Å². The van der Waals surface area contributed by atoms with Gasteiger partial charge in [0.2, 0.25) is 0 Å². The molecule has 0 bridgehead atoms. The van der Waals surface area contributed by atoms with E-state index in [4.69, 9.17) is 0 Å². The molecule has 3 heteroatoms. The van der Waals surface area contributed by atoms with Gasteiger partial charge in [-0.25, -0.2) is 0 Å². The van der Waals surface area contributed by atoms with Crippen LogP contribution in [-0.2, 0) is 0 Å². The lowest BCUT2D eigenvalue weighted by Crippen LogP contribution is -2.17. The average molecular weight is 277 g/mol. The van der Waals surface area contributed by atoms with Crippen LogP contribution in [0.5, 0.6) is 0 Å². The van der Waals surface area contributed by atoms with Gasteiger partial charge in [0.25, 0.3) is 0 Å². The Morgan fingerprint density at radius 3 is 2.15 bits per heavy atom. The van der Waals surface area contributed by atoms with Crippen molar-refractivity contribution in [2.45, 2.75) is 77.7 Å². The van der Waals surface area contributed by atoms with Crippen LogP contribution >= 0.6 is 0 Å². The number of aryl methyl sites for hydroxylation is 1. The van der Waals surface area contributed by atoms with E-state index in [9.17, 15) is 0 Å². The van der Waals surface area contributed by atoms with E-state index in [2.05, 4.69) is 22.2 Å². The second-order valence-electron chi connectivity index (χ2n) is 5.69. The number of hydrogen-bond acceptors (Lipinski definition) is 3. The third-order valence-electron chi connectivity index (χ3n) is 3.85. The zero-order chi connectivity index (χ0) is 14.6. The van der Waals surface area contributed by atoms with Gasteiger partial charge in [-0.05, 0) is 20.4 Å². The third-order valence-corrected chi connectivity index (χ3v) is 3.85. The Bertz CT molecular complexity index is 335. The molecule has 1 atom stereocenters. The van der Waals surface area contributed by atoms with E-state index < -0.39 is 0 Å². The molecule has 0 aliphatic heterocycles. The minimum atomic E-state index is 0.350. The minimum absolute atomic E-state index is 0.350. The molecule has 1 rings (SSSR count). The van der Waals surface area contributed by atoms with Crippen LogP contribution in [0.1, 0.15) is 82.1 Å². The van der Waals surface area contributed by atoms with Crippen LogP contribution in [0.25, 0.3) is 0 Å². The van der Waals surface area contributed by atoms with Crippen molar-refractivity contribution >= 4 is 0 Å². The molecule has 0 fully saturated rings. The highest BCUT2D eigenvalue weighted by Gasteiger charge is 2.10. The van der Waals surface area contributed by atoms with Crippen molar-refractivity contribution in [3.8, 4) is 0 Å². The van der Waals surface area contributed by atoms with Crippen LogP contribution in [0.3, 0.4) is 0 Å². The normalized spacial score (nSPS) is 12.6. The van der Waals surface area contributed by atoms with Crippen LogP contribution in [0.15, 0.2) is 12.4 Å². The summed E-state index contributed by atoms with van der Waals surface area (Å²) in [5.41, 5.74) is 2.05. The molecule has 114 valence electrons. The molecular formula is C17H31N3. The minimum Gasteiger partial charge on any atom is -0.312 e. The molecule has 0 radical (unpaired) electrons. The summed E-state index contributed by atoms with van der Waals surface area (Å²) in [6.07, 6.45) is 15.8. The summed E-state index contributed by atoms with van der Waals surface area (Å²) >= 11 is 0. The monoisotopic (exact) mass is 277 g/mol. The number of unbranched alkanes of at least 4 members (excludes halogenated alkanes) is 7. The first kappa shape index (κ1) is 17.1. The summed E-state index contributed by atoms with van der Waals surface area (Å²) in [5.74, 6) is 0. The van der Waals surface area contributed by atoms with Crippen molar-refractivity contribution < 1.29 is 0 Å². The lowest BCUT2D eigenvalue weighted by molar-refractivity contribution is 0.485. The summed E-state index contributed by atoms with van der Waals surface area (Å²) < 4.78 is 0. The number of rotatable bonds is 11. The number of nitrogens with one attached hydrogen (secondary N) is 1. The summed E-state index contributed by atoms with van der Waals surface area (Å²) in [7, 11) is 2.01. The van der Waals surface area contributed by atoms with Crippen molar-refractivity contribution in [1.29, 1.82) is 0 Å². The van der Waals surface area contributed by atoms with Gasteiger partial charge in [0.05, 0.1) is 23.6 Å². The van der Waals surface area contributed by atoms with E-state index in [-0.39, 0.29) is 0 Å². The van der Waals surface area contributed by atoms with E-state index in [1.54, 1.807) is 0 Å². The van der Waals surface area contributed by atoms with Gasteiger partial charge >= 0.3 is 0 Å². The maximum absolute atomic E-state index is 4.47. The molecule has 0 aliphatic rings. The Morgan fingerprint density at radius 1 is 0.950 bits per heavy atom. The second-order valence-corrected chi connectivity index (χ2v) is 5.69. The topological polar surface area (TPSA) is 37.8 Å². The molecule has 0 spiro atoms. The van der Waals surface area contributed by atoms with Crippen molar-refractivity contribution in [3.05, 3.63) is 23.8 Å². The first-order valence-corrected chi connectivity index (χ1v) is 8.23. The number of nitrogens with zero attached hydrogens (tertiary/aromatic N) is 2. The predicted molar refractivity (Wildman–Crippen MR) is 85.8 cm³/mol. The summed E-state index contributed by atoms with van der Waals surface area (Å²) in [5, 5.41) is 3.35. The fourth-order valence-electron chi connectivity index (χ4n) is 2.50. The quantitative estimate of drug-likeness (QED) is 0.602. The Kier molecular flexibility index (Phi) is 9.22. The Morgan fingerprint density at radius 2 is 1.60 bits per heavy atom. The molecule has 1 N–H and O–H groups in total. The van der Waals surface area contributed by atoms with Gasteiger partial charge in [0.15, 0.2) is 0 Å². The van der Waals surface area contributed by atoms with Gasteiger partial charge in [0.1, 0.15) is 0 Å². The summed E-state index contributed by atoms with van der Waals surface area (Å²) in [6.45, 7) is 4.25. The van der Waals surface area contributed by atoms with Crippen molar-refractivity contribution in [1.82, 2.24) is 15.3 Å². The average Bonchev–Trinajstić information content (AvgIpc) is 2.47. The molecule has 1 unspecified atom stereocenters. The van der Waals surface area contributed by atoms with Gasteiger partial charge in [-0.2, -0.15) is 0 Å². The molecule has 3 nitrogen and oxygen atoms in total. The Balaban J connectivity index is 2.14. The molecule has 0 saturated heterocycles. The highest BCUT2D eigenvalue weighted by atomic mass is 14.9. The van der Waals surface area contributed by atoms with E-state index in [1.165, 1.54) is 51.4 Å². The SMILES string of the molecule is CCCCCCCCCCC(NC)c1cnc(C)cn1. The molecule has 1 aromatic heterocycles. The molecule has 20 heavy (non-hydrogen) atoms. The molecule has 1 heterocycles. The maximum atomic E-state index is 4.47. The van der Waals surface area contributed by atoms with Gasteiger partial charge in [-0.3, -0.25) is 9.97 Å². The van der Waals surface area contributed by atoms with Crippen LogP contribution in [-0.4, -0.2) is 17.0 Å². The van der Waals surface area contributed by atoms with E-state index in [0.29, 0.717) is 6.04 Å². The van der Waals surface area contributed by atoms with Crippen molar-refractivity contribution in [2.75, 3.05) is 7.05 Å². The fourth-order valence-corrected chi connectivity index (χ4v) is 2.50. The lowest BCUT2D eigenvalue weighted by Gasteiger charge is -2.15. The van der Waals surface area contributed by atoms with E-state index >= 15 is 0 Å². The van der Waals surface area contributed by atoms with E-state index in [1.807, 2.05) is 26.4 Å². The van der Waals surface area contributed by atoms with Gasteiger partial charge in [-0.15, -0.1) is 0 Å². The predicted octanol–water partition coefficient (Wildman–Crippen LogP) is 4.58. The zero-order valence-corrected chi connectivity index (χ0v) is 13.5. The van der Waals surface area contributed by atoms with Gasteiger partial charge in [0, 0.05) is 6.20 Å². The summed E-state index contributed by atoms with van der Waals surface area (Å²) in [4.78, 5) is 8.80. The molecule has 0 aromatic carbocycles. The van der Waals surface area contributed by atoms with Gasteiger partial charge < -0.3 is 5.32 Å². The molecule has 1 aromatic rings. The standard InChI is InChI=1S/C17H31N3/c1-4-5-6-7-8-9-10-11-12-16(18-3)17-14-19-15(2)13-20-17/h13-14,16,18H,4-12H2,1-3H3. The van der Waals surface area contributed by atoms with Crippen LogP contribution in [0, 0.1) is 6.92 Å². The number of aromatic nitrogens is 2. The smallest absolute Gasteiger partial charge is 0.0756 e. The maximum Gasteiger partial charge on any atom is 0.0756 e. The highest BCUT2D eigenvalue weighted by Crippen LogP contribution is 2.18. The van der Waals surface area contributed by atoms with Gasteiger partial charge in [-0.1, -0.05) is 58.3 Å². The van der Waals surface area contributed by atoms with Crippen LogP contribution in [0.4, 0.5) is 0 Å². The molecule has 0 saturated carbocycles. The number of hydrogen-bond donors (Lipinski definition) is 1. The third kappa shape index (κ3) is 6.99. The van der Waals surface area contributed by atoms with Crippen LogP contribution in [0.2, 0.25) is 0 Å². The fraction of sp³-hybridized carbons (Fsp3) is 0.765. The van der Waals surface area contributed by atoms with Crippen molar-refractivity contribution in [2.24, 2.45) is 0 Å². The molecule has 0 aliphatic carbocycles. The Hall–Kier alpha value is -0.960. The highest BCUT2D eigenvalue weighted by molar-refractivity contribution is 5.05. The Labute approximate surface area is 124 Å². The summed E-state index contributed by atoms with van der Waals surface area (Å²) in [6, 6.07) is 0.350. The lowest BCUT2D eigenvalue weighted by atomic mass is 10.0. The molecule has 0 amide bonds. The van der Waals surface area contributed by atoms with Crippen LogP contribution < -0.4 is 5.32 Å². The van der Waals surface area contributed by atoms with E-state index in [0.717, 1.165) is 17.8 Å². The largest absolute Gasteiger partial charge is 0.312 e. The molecular weight excluding hydrogens is 246 g/mol. The first-order valence-electron chi connectivity index (χ1n) is 8.23. The zero-order valence-electron chi connectivity index (χ0n) is 13.5. The second kappa shape index (κ2) is 10.8.